The number of halogens is 1. The summed E-state index contributed by atoms with van der Waals surface area (Å²) in [6, 6.07) is 4.34. The fraction of sp³-hybridized carbons (Fsp3) is 0.333. The molecule has 2 N–H and O–H groups in total. The third-order valence-corrected chi connectivity index (χ3v) is 3.91. The molecule has 0 aliphatic heterocycles. The monoisotopic (exact) mass is 249 g/mol. The van der Waals surface area contributed by atoms with Gasteiger partial charge < -0.3 is 10.5 Å². The maximum atomic E-state index is 11.6. The van der Waals surface area contributed by atoms with Crippen LogP contribution in [0.4, 0.5) is 0 Å². The Labute approximate surface area is 93.9 Å². The number of sulfone groups is 1. The molecular formula is C9H12ClNO3S. The highest BCUT2D eigenvalue weighted by Crippen LogP contribution is 2.27. The van der Waals surface area contributed by atoms with Gasteiger partial charge in [0.05, 0.1) is 22.8 Å². The van der Waals surface area contributed by atoms with Crippen molar-refractivity contribution >= 4 is 21.4 Å². The summed E-state index contributed by atoms with van der Waals surface area (Å²) >= 11 is 5.82. The van der Waals surface area contributed by atoms with Crippen LogP contribution < -0.4 is 10.5 Å². The van der Waals surface area contributed by atoms with Crippen molar-refractivity contribution in [2.24, 2.45) is 5.73 Å². The van der Waals surface area contributed by atoms with Crippen LogP contribution in [0.2, 0.25) is 5.02 Å². The van der Waals surface area contributed by atoms with Gasteiger partial charge in [-0.2, -0.15) is 0 Å². The van der Waals surface area contributed by atoms with Gasteiger partial charge in [-0.25, -0.2) is 8.42 Å². The summed E-state index contributed by atoms with van der Waals surface area (Å²) in [5.74, 6) is 0.360. The fourth-order valence-corrected chi connectivity index (χ4v) is 2.55. The highest BCUT2D eigenvalue weighted by Gasteiger charge is 2.14. The van der Waals surface area contributed by atoms with Gasteiger partial charge in [0.1, 0.15) is 5.75 Å². The van der Waals surface area contributed by atoms with Crippen LogP contribution in [0, 0.1) is 0 Å². The lowest BCUT2D eigenvalue weighted by molar-refractivity contribution is 0.414. The molecule has 1 rings (SSSR count). The van der Waals surface area contributed by atoms with E-state index in [4.69, 9.17) is 22.1 Å². The number of hydrogen-bond acceptors (Lipinski definition) is 4. The molecule has 0 fully saturated rings. The average Bonchev–Trinajstić information content (AvgIpc) is 2.17. The van der Waals surface area contributed by atoms with E-state index in [1.54, 1.807) is 0 Å². The van der Waals surface area contributed by atoms with E-state index in [1.807, 2.05) is 0 Å². The minimum Gasteiger partial charge on any atom is -0.495 e. The number of benzene rings is 1. The quantitative estimate of drug-likeness (QED) is 0.867. The molecule has 0 aromatic heterocycles. The fourth-order valence-electron chi connectivity index (χ4n) is 1.11. The molecule has 0 unspecified atom stereocenters. The van der Waals surface area contributed by atoms with Gasteiger partial charge in [-0.05, 0) is 18.2 Å². The molecule has 0 atom stereocenters. The van der Waals surface area contributed by atoms with E-state index >= 15 is 0 Å². The third kappa shape index (κ3) is 2.84. The van der Waals surface area contributed by atoms with E-state index in [9.17, 15) is 8.42 Å². The zero-order valence-corrected chi connectivity index (χ0v) is 9.81. The highest BCUT2D eigenvalue weighted by molar-refractivity contribution is 7.91. The molecule has 0 heterocycles. The van der Waals surface area contributed by atoms with Crippen molar-refractivity contribution in [3.05, 3.63) is 23.2 Å². The Bertz CT molecular complexity index is 445. The Morgan fingerprint density at radius 2 is 2.13 bits per heavy atom. The molecule has 0 radical (unpaired) electrons. The van der Waals surface area contributed by atoms with Crippen molar-refractivity contribution in [1.29, 1.82) is 0 Å². The first-order chi connectivity index (χ1) is 7.01. The van der Waals surface area contributed by atoms with E-state index in [-0.39, 0.29) is 22.2 Å². The molecule has 6 heteroatoms. The molecule has 15 heavy (non-hydrogen) atoms. The molecule has 0 saturated heterocycles. The van der Waals surface area contributed by atoms with Gasteiger partial charge >= 0.3 is 0 Å². The Morgan fingerprint density at radius 3 is 2.60 bits per heavy atom. The zero-order valence-electron chi connectivity index (χ0n) is 8.23. The molecule has 0 aliphatic rings. The highest BCUT2D eigenvalue weighted by atomic mass is 35.5. The number of ether oxygens (including phenoxy) is 1. The van der Waals surface area contributed by atoms with Crippen LogP contribution in [-0.2, 0) is 9.84 Å². The predicted molar refractivity (Wildman–Crippen MR) is 59.1 cm³/mol. The Kier molecular flexibility index (Phi) is 3.96. The van der Waals surface area contributed by atoms with Crippen molar-refractivity contribution in [3.8, 4) is 5.75 Å². The minimum atomic E-state index is -3.32. The van der Waals surface area contributed by atoms with Crippen LogP contribution in [0.1, 0.15) is 0 Å². The predicted octanol–water partition coefficient (Wildman–Crippen LogP) is 1.08. The summed E-state index contributed by atoms with van der Waals surface area (Å²) in [7, 11) is -1.86. The summed E-state index contributed by atoms with van der Waals surface area (Å²) in [6.07, 6.45) is 0. The zero-order chi connectivity index (χ0) is 11.5. The summed E-state index contributed by atoms with van der Waals surface area (Å²) < 4.78 is 28.1. The number of rotatable bonds is 4. The van der Waals surface area contributed by atoms with E-state index in [2.05, 4.69) is 0 Å². The van der Waals surface area contributed by atoms with Crippen LogP contribution in [0.3, 0.4) is 0 Å². The first-order valence-electron chi connectivity index (χ1n) is 4.27. The second kappa shape index (κ2) is 4.83. The normalized spacial score (nSPS) is 11.4. The third-order valence-electron chi connectivity index (χ3n) is 1.87. The van der Waals surface area contributed by atoms with Crippen LogP contribution >= 0.6 is 11.6 Å². The topological polar surface area (TPSA) is 69.4 Å². The van der Waals surface area contributed by atoms with Crippen LogP contribution in [0.25, 0.3) is 0 Å². The first-order valence-corrected chi connectivity index (χ1v) is 6.30. The van der Waals surface area contributed by atoms with E-state index in [0.29, 0.717) is 5.75 Å². The van der Waals surface area contributed by atoms with E-state index in [1.165, 1.54) is 25.3 Å². The summed E-state index contributed by atoms with van der Waals surface area (Å²) in [6.45, 7) is 0.0893. The van der Waals surface area contributed by atoms with Crippen LogP contribution in [-0.4, -0.2) is 27.8 Å². The van der Waals surface area contributed by atoms with Crippen molar-refractivity contribution in [1.82, 2.24) is 0 Å². The lowest BCUT2D eigenvalue weighted by Crippen LogP contribution is -2.15. The van der Waals surface area contributed by atoms with Gasteiger partial charge in [-0.15, -0.1) is 0 Å². The number of nitrogens with two attached hydrogens (primary N) is 1. The van der Waals surface area contributed by atoms with Gasteiger partial charge in [0.15, 0.2) is 9.84 Å². The smallest absolute Gasteiger partial charge is 0.179 e. The second-order valence-electron chi connectivity index (χ2n) is 2.90. The average molecular weight is 250 g/mol. The summed E-state index contributed by atoms with van der Waals surface area (Å²) in [5, 5.41) is 0.274. The van der Waals surface area contributed by atoms with Crippen LogP contribution in [0.15, 0.2) is 23.1 Å². The maximum Gasteiger partial charge on any atom is 0.179 e. The molecular weight excluding hydrogens is 238 g/mol. The van der Waals surface area contributed by atoms with Gasteiger partial charge in [-0.1, -0.05) is 11.6 Å². The molecule has 4 nitrogen and oxygen atoms in total. The van der Waals surface area contributed by atoms with Gasteiger partial charge in [0.2, 0.25) is 0 Å². The minimum absolute atomic E-state index is 0.0876. The molecule has 0 bridgehead atoms. The molecule has 0 saturated carbocycles. The van der Waals surface area contributed by atoms with Crippen molar-refractivity contribution in [3.63, 3.8) is 0 Å². The van der Waals surface area contributed by atoms with Gasteiger partial charge in [0.25, 0.3) is 0 Å². The SMILES string of the molecule is COc1ccc(S(=O)(=O)CCN)cc1Cl. The lowest BCUT2D eigenvalue weighted by Gasteiger charge is -2.06. The summed E-state index contributed by atoms with van der Waals surface area (Å²) in [5.41, 5.74) is 5.21. The van der Waals surface area contributed by atoms with Gasteiger partial charge in [0, 0.05) is 6.54 Å². The molecule has 1 aromatic rings. The molecule has 1 aromatic carbocycles. The lowest BCUT2D eigenvalue weighted by atomic mass is 10.3. The maximum absolute atomic E-state index is 11.6. The molecule has 84 valence electrons. The first kappa shape index (κ1) is 12.3. The van der Waals surface area contributed by atoms with Crippen LogP contribution in [0.5, 0.6) is 5.75 Å². The summed E-state index contributed by atoms with van der Waals surface area (Å²) in [4.78, 5) is 0.166. The van der Waals surface area contributed by atoms with E-state index in [0.717, 1.165) is 0 Å². The number of methoxy groups -OCH3 is 1. The van der Waals surface area contributed by atoms with Crippen molar-refractivity contribution in [2.45, 2.75) is 4.90 Å². The standard InChI is InChI=1S/C9H12ClNO3S/c1-14-9-3-2-7(6-8(9)10)15(12,13)5-4-11/h2-3,6H,4-5,11H2,1H3. The number of hydrogen-bond donors (Lipinski definition) is 1. The van der Waals surface area contributed by atoms with E-state index < -0.39 is 9.84 Å². The Balaban J connectivity index is 3.13. The molecule has 0 amide bonds. The Morgan fingerprint density at radius 1 is 1.47 bits per heavy atom. The molecule has 0 spiro atoms. The Hall–Kier alpha value is -0.780. The largest absolute Gasteiger partial charge is 0.495 e. The molecule has 0 aliphatic carbocycles. The van der Waals surface area contributed by atoms with Crippen molar-refractivity contribution in [2.75, 3.05) is 19.4 Å². The second-order valence-corrected chi connectivity index (χ2v) is 5.42. The van der Waals surface area contributed by atoms with Gasteiger partial charge in [-0.3, -0.25) is 0 Å². The van der Waals surface area contributed by atoms with Crippen molar-refractivity contribution < 1.29 is 13.2 Å².